The van der Waals surface area contributed by atoms with Gasteiger partial charge >= 0.3 is 0 Å². The van der Waals surface area contributed by atoms with Crippen molar-refractivity contribution in [2.45, 2.75) is 44.7 Å². The number of benzene rings is 1. The zero-order chi connectivity index (χ0) is 21.3. The predicted octanol–water partition coefficient (Wildman–Crippen LogP) is 3.60. The van der Waals surface area contributed by atoms with Crippen molar-refractivity contribution < 1.29 is 9.32 Å². The normalized spacial score (nSPS) is 19.7. The molecule has 0 saturated carbocycles. The van der Waals surface area contributed by atoms with Gasteiger partial charge in [-0.15, -0.1) is 0 Å². The average Bonchev–Trinajstić information content (AvgIpc) is 3.35. The number of nitrogens with zero attached hydrogens (tertiary/aromatic N) is 4. The summed E-state index contributed by atoms with van der Waals surface area (Å²) >= 11 is 0. The summed E-state index contributed by atoms with van der Waals surface area (Å²) in [6.45, 7) is 7.20. The van der Waals surface area contributed by atoms with E-state index in [0.29, 0.717) is 17.3 Å². The van der Waals surface area contributed by atoms with Crippen molar-refractivity contribution in [3.63, 3.8) is 0 Å². The molecule has 0 radical (unpaired) electrons. The molecule has 0 unspecified atom stereocenters. The first-order chi connectivity index (χ1) is 14.3. The van der Waals surface area contributed by atoms with Crippen molar-refractivity contribution in [1.29, 1.82) is 0 Å². The van der Waals surface area contributed by atoms with Crippen LogP contribution in [0.4, 0.5) is 0 Å². The number of nitrogens with one attached hydrogen (secondary N) is 1. The molecule has 1 saturated heterocycles. The SMILES string of the molecule is CN1C[C@@H](NC(=O)c2ccc(C(C)(C)C)cc2)C[C@H]1c1nc(-c2cccnc2)no1. The minimum absolute atomic E-state index is 0.0172. The Labute approximate surface area is 176 Å². The standard InChI is InChI=1S/C23H27N5O2/c1-23(2,3)17-9-7-15(8-10-17)21(29)25-18-12-19(28(4)14-18)22-26-20(27-30-22)16-6-5-11-24-13-16/h5-11,13,18-19H,12,14H2,1-4H3,(H,25,29)/t18-,19-/m0/s1. The molecular formula is C23H27N5O2. The van der Waals surface area contributed by atoms with Crippen LogP contribution in [0.25, 0.3) is 11.4 Å². The lowest BCUT2D eigenvalue weighted by Crippen LogP contribution is -2.36. The van der Waals surface area contributed by atoms with Gasteiger partial charge in [0.15, 0.2) is 0 Å². The fourth-order valence-corrected chi connectivity index (χ4v) is 3.77. The Kier molecular flexibility index (Phi) is 5.39. The number of pyridine rings is 1. The van der Waals surface area contributed by atoms with Crippen LogP contribution in [0.15, 0.2) is 53.3 Å². The van der Waals surface area contributed by atoms with Crippen molar-refractivity contribution in [3.8, 4) is 11.4 Å². The highest BCUT2D eigenvalue weighted by atomic mass is 16.5. The number of amides is 1. The molecule has 1 aromatic carbocycles. The molecule has 1 aliphatic heterocycles. The Morgan fingerprint density at radius 3 is 2.63 bits per heavy atom. The van der Waals surface area contributed by atoms with Gasteiger partial charge in [0.25, 0.3) is 5.91 Å². The molecule has 1 fully saturated rings. The van der Waals surface area contributed by atoms with Crippen LogP contribution >= 0.6 is 0 Å². The summed E-state index contributed by atoms with van der Waals surface area (Å²) in [7, 11) is 2.00. The number of carbonyl (C=O) groups excluding carboxylic acids is 1. The van der Waals surface area contributed by atoms with Crippen LogP contribution in [0.1, 0.15) is 55.0 Å². The summed E-state index contributed by atoms with van der Waals surface area (Å²) in [6.07, 6.45) is 4.14. The van der Waals surface area contributed by atoms with Crippen molar-refractivity contribution >= 4 is 5.91 Å². The summed E-state index contributed by atoms with van der Waals surface area (Å²) in [6, 6.07) is 11.6. The smallest absolute Gasteiger partial charge is 0.251 e. The van der Waals surface area contributed by atoms with Crippen molar-refractivity contribution in [1.82, 2.24) is 25.3 Å². The quantitative estimate of drug-likeness (QED) is 0.714. The van der Waals surface area contributed by atoms with E-state index < -0.39 is 0 Å². The zero-order valence-electron chi connectivity index (χ0n) is 17.8. The number of likely N-dealkylation sites (N-methyl/N-ethyl adjacent to an activating group) is 1. The van der Waals surface area contributed by atoms with Crippen molar-refractivity contribution in [3.05, 3.63) is 65.8 Å². The summed E-state index contributed by atoms with van der Waals surface area (Å²) in [5, 5.41) is 7.23. The van der Waals surface area contributed by atoms with Crippen LogP contribution < -0.4 is 5.32 Å². The number of hydrogen-bond acceptors (Lipinski definition) is 6. The van der Waals surface area contributed by atoms with E-state index in [4.69, 9.17) is 4.52 Å². The van der Waals surface area contributed by atoms with Gasteiger partial charge in [-0.05, 0) is 48.7 Å². The Balaban J connectivity index is 1.41. The van der Waals surface area contributed by atoms with Gasteiger partial charge in [-0.1, -0.05) is 38.1 Å². The third-order valence-electron chi connectivity index (χ3n) is 5.54. The van der Waals surface area contributed by atoms with Gasteiger partial charge in [-0.3, -0.25) is 14.7 Å². The number of hydrogen-bond donors (Lipinski definition) is 1. The molecule has 3 aromatic rings. The molecule has 3 heterocycles. The molecule has 2 atom stereocenters. The average molecular weight is 406 g/mol. The number of carbonyl (C=O) groups is 1. The van der Waals surface area contributed by atoms with Crippen molar-refractivity contribution in [2.75, 3.05) is 13.6 Å². The summed E-state index contributed by atoms with van der Waals surface area (Å²) in [5.74, 6) is 1.02. The largest absolute Gasteiger partial charge is 0.348 e. The minimum Gasteiger partial charge on any atom is -0.348 e. The fraction of sp³-hybridized carbons (Fsp3) is 0.391. The molecule has 30 heavy (non-hydrogen) atoms. The van der Waals surface area contributed by atoms with E-state index in [1.807, 2.05) is 43.4 Å². The maximum absolute atomic E-state index is 12.7. The molecule has 1 aliphatic rings. The lowest BCUT2D eigenvalue weighted by molar-refractivity contribution is 0.0938. The molecule has 156 valence electrons. The molecule has 7 heteroatoms. The van der Waals surface area contributed by atoms with E-state index in [9.17, 15) is 4.79 Å². The molecule has 0 bridgehead atoms. The van der Waals surface area contributed by atoms with E-state index in [-0.39, 0.29) is 23.4 Å². The molecular weight excluding hydrogens is 378 g/mol. The molecule has 0 aliphatic carbocycles. The van der Waals surface area contributed by atoms with Gasteiger partial charge in [0.05, 0.1) is 6.04 Å². The fourth-order valence-electron chi connectivity index (χ4n) is 3.77. The van der Waals surface area contributed by atoms with Gasteiger partial charge in [0.1, 0.15) is 0 Å². The predicted molar refractivity (Wildman–Crippen MR) is 114 cm³/mol. The highest BCUT2D eigenvalue weighted by Crippen LogP contribution is 2.31. The van der Waals surface area contributed by atoms with Crippen LogP contribution in [-0.2, 0) is 5.41 Å². The first-order valence-electron chi connectivity index (χ1n) is 10.2. The lowest BCUT2D eigenvalue weighted by atomic mass is 9.86. The highest BCUT2D eigenvalue weighted by Gasteiger charge is 2.35. The molecule has 7 nitrogen and oxygen atoms in total. The molecule has 4 rings (SSSR count). The molecule has 0 spiro atoms. The summed E-state index contributed by atoms with van der Waals surface area (Å²) in [4.78, 5) is 23.5. The number of rotatable bonds is 4. The van der Waals surface area contributed by atoms with Gasteiger partial charge in [0.2, 0.25) is 11.7 Å². The second-order valence-electron chi connectivity index (χ2n) is 8.89. The molecule has 1 N–H and O–H groups in total. The summed E-state index contributed by atoms with van der Waals surface area (Å²) < 4.78 is 5.51. The van der Waals surface area contributed by atoms with Gasteiger partial charge < -0.3 is 9.84 Å². The molecule has 2 aromatic heterocycles. The van der Waals surface area contributed by atoms with E-state index >= 15 is 0 Å². The Morgan fingerprint density at radius 1 is 1.20 bits per heavy atom. The second kappa shape index (κ2) is 7.99. The first kappa shape index (κ1) is 20.2. The number of likely N-dealkylation sites (tertiary alicyclic amines) is 1. The van der Waals surface area contributed by atoms with Gasteiger partial charge in [-0.25, -0.2) is 0 Å². The second-order valence-corrected chi connectivity index (χ2v) is 8.89. The van der Waals surface area contributed by atoms with Crippen LogP contribution in [0.3, 0.4) is 0 Å². The highest BCUT2D eigenvalue weighted by molar-refractivity contribution is 5.94. The lowest BCUT2D eigenvalue weighted by Gasteiger charge is -2.19. The van der Waals surface area contributed by atoms with Gasteiger partial charge in [0, 0.05) is 36.1 Å². The van der Waals surface area contributed by atoms with Crippen LogP contribution in [0, 0.1) is 0 Å². The first-order valence-corrected chi connectivity index (χ1v) is 10.2. The van der Waals surface area contributed by atoms with Crippen LogP contribution in [0.2, 0.25) is 0 Å². The monoisotopic (exact) mass is 405 g/mol. The van der Waals surface area contributed by atoms with Gasteiger partial charge in [-0.2, -0.15) is 4.98 Å². The molecule has 1 amide bonds. The Bertz CT molecular complexity index is 1010. The van der Waals surface area contributed by atoms with E-state index in [1.165, 1.54) is 5.56 Å². The van der Waals surface area contributed by atoms with Crippen LogP contribution in [-0.4, -0.2) is 45.6 Å². The minimum atomic E-state index is -0.0592. The van der Waals surface area contributed by atoms with E-state index in [1.54, 1.807) is 12.4 Å². The Hall–Kier alpha value is -3.06. The van der Waals surface area contributed by atoms with E-state index in [2.05, 4.69) is 46.1 Å². The topological polar surface area (TPSA) is 84.2 Å². The number of aromatic nitrogens is 3. The maximum atomic E-state index is 12.7. The third kappa shape index (κ3) is 4.26. The maximum Gasteiger partial charge on any atom is 0.251 e. The summed E-state index contributed by atoms with van der Waals surface area (Å²) in [5.41, 5.74) is 2.76. The zero-order valence-corrected chi connectivity index (χ0v) is 17.8. The van der Waals surface area contributed by atoms with E-state index in [0.717, 1.165) is 18.5 Å². The Morgan fingerprint density at radius 2 is 1.97 bits per heavy atom. The van der Waals surface area contributed by atoms with Crippen molar-refractivity contribution in [2.24, 2.45) is 0 Å². The third-order valence-corrected chi connectivity index (χ3v) is 5.54. The van der Waals surface area contributed by atoms with Crippen LogP contribution in [0.5, 0.6) is 0 Å².